The third kappa shape index (κ3) is 3.20. The summed E-state index contributed by atoms with van der Waals surface area (Å²) >= 11 is 0. The molecule has 1 saturated heterocycles. The fourth-order valence-corrected chi connectivity index (χ4v) is 2.22. The van der Waals surface area contributed by atoms with E-state index in [0.29, 0.717) is 18.7 Å². The van der Waals surface area contributed by atoms with Crippen LogP contribution in [0.15, 0.2) is 18.2 Å². The molecule has 0 atom stereocenters. The van der Waals surface area contributed by atoms with Crippen molar-refractivity contribution in [1.29, 1.82) is 0 Å². The zero-order valence-corrected chi connectivity index (χ0v) is 10.5. The Bertz CT molecular complexity index is 491. The van der Waals surface area contributed by atoms with Crippen molar-refractivity contribution < 1.29 is 23.4 Å². The van der Waals surface area contributed by atoms with Crippen molar-refractivity contribution in [2.75, 3.05) is 20.2 Å². The van der Waals surface area contributed by atoms with Crippen molar-refractivity contribution in [3.8, 4) is 5.75 Å². The molecule has 1 heterocycles. The van der Waals surface area contributed by atoms with E-state index in [2.05, 4.69) is 0 Å². The van der Waals surface area contributed by atoms with Gasteiger partial charge in [0.25, 0.3) is 5.92 Å². The second-order valence-corrected chi connectivity index (χ2v) is 4.66. The van der Waals surface area contributed by atoms with Crippen LogP contribution in [0, 0.1) is 0 Å². The molecule has 0 aromatic heterocycles. The van der Waals surface area contributed by atoms with E-state index in [0.717, 1.165) is 0 Å². The Morgan fingerprint density at radius 3 is 2.79 bits per heavy atom. The molecule has 0 aliphatic carbocycles. The zero-order valence-electron chi connectivity index (χ0n) is 10.5. The standard InChI is InChI=1S/C13H15F2NO3/c1-19-11-3-2-9(6-10(11)12(17)18)7-16-5-4-13(14,15)8-16/h2-3,6H,4-5,7-8H2,1H3,(H,17,18). The van der Waals surface area contributed by atoms with Crippen molar-refractivity contribution >= 4 is 5.97 Å². The molecular formula is C13H15F2NO3. The Hall–Kier alpha value is -1.69. The lowest BCUT2D eigenvalue weighted by atomic mass is 10.1. The molecule has 0 bridgehead atoms. The van der Waals surface area contributed by atoms with E-state index in [9.17, 15) is 13.6 Å². The Morgan fingerprint density at radius 1 is 1.53 bits per heavy atom. The summed E-state index contributed by atoms with van der Waals surface area (Å²) in [6, 6.07) is 4.71. The Morgan fingerprint density at radius 2 is 2.26 bits per heavy atom. The van der Waals surface area contributed by atoms with E-state index >= 15 is 0 Å². The van der Waals surface area contributed by atoms with E-state index in [-0.39, 0.29) is 24.3 Å². The maximum Gasteiger partial charge on any atom is 0.339 e. The van der Waals surface area contributed by atoms with Gasteiger partial charge >= 0.3 is 5.97 Å². The molecule has 19 heavy (non-hydrogen) atoms. The van der Waals surface area contributed by atoms with Gasteiger partial charge in [0, 0.05) is 19.5 Å². The van der Waals surface area contributed by atoms with Gasteiger partial charge in [-0.15, -0.1) is 0 Å². The summed E-state index contributed by atoms with van der Waals surface area (Å²) in [6.07, 6.45) is -0.144. The minimum atomic E-state index is -2.64. The normalized spacial score (nSPS) is 18.5. The highest BCUT2D eigenvalue weighted by atomic mass is 19.3. The topological polar surface area (TPSA) is 49.8 Å². The molecule has 6 heteroatoms. The van der Waals surface area contributed by atoms with Crippen LogP contribution in [0.4, 0.5) is 8.78 Å². The zero-order chi connectivity index (χ0) is 14.0. The third-order valence-electron chi connectivity index (χ3n) is 3.15. The number of halogens is 2. The molecule has 1 aromatic rings. The van der Waals surface area contributed by atoms with Gasteiger partial charge in [-0.1, -0.05) is 6.07 Å². The van der Waals surface area contributed by atoms with E-state index in [4.69, 9.17) is 9.84 Å². The van der Waals surface area contributed by atoms with Crippen molar-refractivity contribution in [2.45, 2.75) is 18.9 Å². The highest BCUT2D eigenvalue weighted by Crippen LogP contribution is 2.28. The molecule has 0 radical (unpaired) electrons. The van der Waals surface area contributed by atoms with E-state index in [1.807, 2.05) is 0 Å². The van der Waals surface area contributed by atoms with Crippen LogP contribution in [-0.4, -0.2) is 42.1 Å². The smallest absolute Gasteiger partial charge is 0.339 e. The number of nitrogens with zero attached hydrogens (tertiary/aromatic N) is 1. The Balaban J connectivity index is 2.13. The molecule has 0 unspecified atom stereocenters. The molecule has 1 N–H and O–H groups in total. The highest BCUT2D eigenvalue weighted by Gasteiger charge is 2.37. The summed E-state index contributed by atoms with van der Waals surface area (Å²) in [6.45, 7) is 0.364. The van der Waals surface area contributed by atoms with Crippen LogP contribution in [0.2, 0.25) is 0 Å². The molecule has 4 nitrogen and oxygen atoms in total. The number of carbonyl (C=O) groups is 1. The number of carboxylic acid groups (broad SMARTS) is 1. The first kappa shape index (κ1) is 13.7. The van der Waals surface area contributed by atoms with Crippen LogP contribution < -0.4 is 4.74 Å². The molecule has 2 rings (SSSR count). The molecule has 1 aliphatic rings. The number of carboxylic acids is 1. The number of methoxy groups -OCH3 is 1. The van der Waals surface area contributed by atoms with Gasteiger partial charge in [0.2, 0.25) is 0 Å². The van der Waals surface area contributed by atoms with Gasteiger partial charge in [0.1, 0.15) is 11.3 Å². The number of aromatic carboxylic acids is 1. The summed E-state index contributed by atoms with van der Waals surface area (Å²) < 4.78 is 31.1. The number of hydrogen-bond acceptors (Lipinski definition) is 3. The van der Waals surface area contributed by atoms with Crippen molar-refractivity contribution in [2.24, 2.45) is 0 Å². The Labute approximate surface area is 109 Å². The molecule has 104 valence electrons. The molecule has 1 aliphatic heterocycles. The number of hydrogen-bond donors (Lipinski definition) is 1. The van der Waals surface area contributed by atoms with Gasteiger partial charge in [0.05, 0.1) is 13.7 Å². The minimum Gasteiger partial charge on any atom is -0.496 e. The van der Waals surface area contributed by atoms with Crippen LogP contribution >= 0.6 is 0 Å². The van der Waals surface area contributed by atoms with Crippen molar-refractivity contribution in [3.63, 3.8) is 0 Å². The largest absolute Gasteiger partial charge is 0.496 e. The van der Waals surface area contributed by atoms with Crippen LogP contribution in [0.1, 0.15) is 22.3 Å². The first-order valence-corrected chi connectivity index (χ1v) is 5.92. The van der Waals surface area contributed by atoms with Crippen molar-refractivity contribution in [3.05, 3.63) is 29.3 Å². The lowest BCUT2D eigenvalue weighted by Gasteiger charge is -2.16. The number of alkyl halides is 2. The molecular weight excluding hydrogens is 256 g/mol. The third-order valence-corrected chi connectivity index (χ3v) is 3.15. The average Bonchev–Trinajstić information content (AvgIpc) is 2.68. The SMILES string of the molecule is COc1ccc(CN2CCC(F)(F)C2)cc1C(=O)O. The van der Waals surface area contributed by atoms with Crippen LogP contribution in [0.5, 0.6) is 5.75 Å². The summed E-state index contributed by atoms with van der Waals surface area (Å²) in [5.41, 5.74) is 0.738. The predicted octanol–water partition coefficient (Wildman–Crippen LogP) is 2.23. The number of ether oxygens (including phenoxy) is 1. The fraction of sp³-hybridized carbons (Fsp3) is 0.462. The van der Waals surface area contributed by atoms with Gasteiger partial charge in [-0.25, -0.2) is 13.6 Å². The average molecular weight is 271 g/mol. The quantitative estimate of drug-likeness (QED) is 0.912. The first-order chi connectivity index (χ1) is 8.91. The number of benzene rings is 1. The molecule has 1 aromatic carbocycles. The maximum absolute atomic E-state index is 13.1. The lowest BCUT2D eigenvalue weighted by Crippen LogP contribution is -2.24. The number of likely N-dealkylation sites (tertiary alicyclic amines) is 1. The van der Waals surface area contributed by atoms with Crippen LogP contribution in [-0.2, 0) is 6.54 Å². The Kier molecular flexibility index (Phi) is 3.71. The minimum absolute atomic E-state index is 0.0472. The van der Waals surface area contributed by atoms with Gasteiger partial charge < -0.3 is 9.84 Å². The second kappa shape index (κ2) is 5.13. The van der Waals surface area contributed by atoms with Gasteiger partial charge in [0.15, 0.2) is 0 Å². The van der Waals surface area contributed by atoms with Gasteiger partial charge in [-0.05, 0) is 17.7 Å². The van der Waals surface area contributed by atoms with E-state index in [1.54, 1.807) is 17.0 Å². The van der Waals surface area contributed by atoms with Crippen LogP contribution in [0.25, 0.3) is 0 Å². The maximum atomic E-state index is 13.1. The molecule has 1 fully saturated rings. The number of rotatable bonds is 4. The summed E-state index contributed by atoms with van der Waals surface area (Å²) in [5.74, 6) is -3.46. The highest BCUT2D eigenvalue weighted by molar-refractivity contribution is 5.91. The summed E-state index contributed by atoms with van der Waals surface area (Å²) in [4.78, 5) is 12.7. The predicted molar refractivity (Wildman–Crippen MR) is 64.8 cm³/mol. The molecule has 0 amide bonds. The monoisotopic (exact) mass is 271 g/mol. The van der Waals surface area contributed by atoms with Gasteiger partial charge in [-0.3, -0.25) is 4.90 Å². The van der Waals surface area contributed by atoms with Gasteiger partial charge in [-0.2, -0.15) is 0 Å². The van der Waals surface area contributed by atoms with Crippen LogP contribution in [0.3, 0.4) is 0 Å². The van der Waals surface area contributed by atoms with E-state index in [1.165, 1.54) is 13.2 Å². The van der Waals surface area contributed by atoms with Crippen molar-refractivity contribution in [1.82, 2.24) is 4.90 Å². The molecule has 0 saturated carbocycles. The second-order valence-electron chi connectivity index (χ2n) is 4.66. The lowest BCUT2D eigenvalue weighted by molar-refractivity contribution is 0.0115. The molecule has 0 spiro atoms. The summed E-state index contributed by atoms with van der Waals surface area (Å²) in [7, 11) is 1.39. The summed E-state index contributed by atoms with van der Waals surface area (Å²) in [5, 5.41) is 9.05. The fourth-order valence-electron chi connectivity index (χ4n) is 2.22. The first-order valence-electron chi connectivity index (χ1n) is 5.92. The van der Waals surface area contributed by atoms with E-state index < -0.39 is 11.9 Å².